The average Bonchev–Trinajstić information content (AvgIpc) is 2.78. The molecular formula is C14H17NO3. The van der Waals surface area contributed by atoms with Gasteiger partial charge in [-0.15, -0.1) is 0 Å². The molecule has 4 heteroatoms. The molecule has 4 nitrogen and oxygen atoms in total. The Kier molecular flexibility index (Phi) is 3.87. The topological polar surface area (TPSA) is 53.7 Å². The maximum atomic E-state index is 10.4. The summed E-state index contributed by atoms with van der Waals surface area (Å²) in [4.78, 5) is 12.5. The summed E-state index contributed by atoms with van der Waals surface area (Å²) in [6.45, 7) is 0.830. The van der Waals surface area contributed by atoms with E-state index in [1.165, 1.54) is 0 Å². The Morgan fingerprint density at radius 1 is 1.33 bits per heavy atom. The number of fused-ring (bicyclic) bond motifs is 1. The molecule has 2 rings (SSSR count). The summed E-state index contributed by atoms with van der Waals surface area (Å²) in [6, 6.07) is 7.90. The Morgan fingerprint density at radius 3 is 2.89 bits per heavy atom. The number of hydrogen-bond acceptors (Lipinski definition) is 3. The van der Waals surface area contributed by atoms with E-state index in [0.29, 0.717) is 6.42 Å². The number of unbranched alkanes of at least 4 members (excludes halogenated alkanes) is 1. The van der Waals surface area contributed by atoms with Crippen molar-refractivity contribution in [3.05, 3.63) is 30.5 Å². The van der Waals surface area contributed by atoms with Crippen LogP contribution in [0.15, 0.2) is 34.9 Å². The summed E-state index contributed by atoms with van der Waals surface area (Å²) in [7, 11) is 2.00. The Labute approximate surface area is 106 Å². The van der Waals surface area contributed by atoms with Gasteiger partial charge in [0.25, 0.3) is 0 Å². The number of benzene rings is 1. The first-order chi connectivity index (χ1) is 8.68. The minimum absolute atomic E-state index is 0.236. The molecule has 2 aromatic rings. The zero-order chi connectivity index (χ0) is 13.0. The van der Waals surface area contributed by atoms with E-state index < -0.39 is 5.97 Å². The molecule has 1 aromatic heterocycles. The molecule has 0 spiro atoms. The van der Waals surface area contributed by atoms with Crippen LogP contribution >= 0.6 is 0 Å². The molecule has 0 unspecified atom stereocenters. The number of nitrogens with zero attached hydrogens (tertiary/aromatic N) is 1. The van der Waals surface area contributed by atoms with Crippen LogP contribution in [0, 0.1) is 0 Å². The van der Waals surface area contributed by atoms with Gasteiger partial charge in [-0.1, -0.05) is 12.1 Å². The highest BCUT2D eigenvalue weighted by molar-refractivity contribution is 5.90. The van der Waals surface area contributed by atoms with Crippen LogP contribution in [0.3, 0.4) is 0 Å². The van der Waals surface area contributed by atoms with E-state index in [9.17, 15) is 4.79 Å². The first kappa shape index (κ1) is 12.5. The normalized spacial score (nSPS) is 10.7. The van der Waals surface area contributed by atoms with Crippen molar-refractivity contribution in [1.82, 2.24) is 0 Å². The Morgan fingerprint density at radius 2 is 2.11 bits per heavy atom. The van der Waals surface area contributed by atoms with E-state index in [4.69, 9.17) is 9.52 Å². The molecule has 0 saturated heterocycles. The highest BCUT2D eigenvalue weighted by Crippen LogP contribution is 2.28. The highest BCUT2D eigenvalue weighted by Gasteiger charge is 2.09. The smallest absolute Gasteiger partial charge is 0.303 e. The zero-order valence-corrected chi connectivity index (χ0v) is 10.4. The van der Waals surface area contributed by atoms with E-state index >= 15 is 0 Å². The van der Waals surface area contributed by atoms with Gasteiger partial charge in [0.15, 0.2) is 0 Å². The summed E-state index contributed by atoms with van der Waals surface area (Å²) in [5.41, 5.74) is 1.94. The molecular weight excluding hydrogens is 230 g/mol. The maximum absolute atomic E-state index is 10.4. The molecule has 0 fully saturated rings. The lowest BCUT2D eigenvalue weighted by Crippen LogP contribution is -2.18. The third-order valence-electron chi connectivity index (χ3n) is 3.01. The third-order valence-corrected chi connectivity index (χ3v) is 3.01. The highest BCUT2D eigenvalue weighted by atomic mass is 16.4. The minimum Gasteiger partial charge on any atom is -0.481 e. The number of carbonyl (C=O) groups is 1. The second-order valence-electron chi connectivity index (χ2n) is 4.39. The van der Waals surface area contributed by atoms with Crippen molar-refractivity contribution < 1.29 is 14.3 Å². The first-order valence-electron chi connectivity index (χ1n) is 6.07. The van der Waals surface area contributed by atoms with Gasteiger partial charge in [0, 0.05) is 25.4 Å². The van der Waals surface area contributed by atoms with Crippen molar-refractivity contribution in [3.8, 4) is 0 Å². The van der Waals surface area contributed by atoms with Crippen molar-refractivity contribution in [1.29, 1.82) is 0 Å². The summed E-state index contributed by atoms with van der Waals surface area (Å²) in [5.74, 6) is -0.730. The predicted octanol–water partition coefficient (Wildman–Crippen LogP) is 3.12. The molecule has 0 atom stereocenters. The number of aliphatic carboxylic acids is 1. The van der Waals surface area contributed by atoms with Crippen LogP contribution in [-0.2, 0) is 4.79 Å². The SMILES string of the molecule is CN(CCCCC(=O)O)c1coc2ccccc12. The van der Waals surface area contributed by atoms with Crippen LogP contribution in [0.5, 0.6) is 0 Å². The van der Waals surface area contributed by atoms with E-state index in [1.54, 1.807) is 6.26 Å². The van der Waals surface area contributed by atoms with E-state index in [0.717, 1.165) is 29.6 Å². The van der Waals surface area contributed by atoms with Gasteiger partial charge < -0.3 is 14.4 Å². The molecule has 0 aliphatic rings. The number of carboxylic acid groups (broad SMARTS) is 1. The standard InChI is InChI=1S/C14H17NO3/c1-15(9-5-4-8-14(16)17)12-10-18-13-7-3-2-6-11(12)13/h2-3,6-7,10H,4-5,8-9H2,1H3,(H,16,17). The number of furan rings is 1. The fourth-order valence-electron chi connectivity index (χ4n) is 2.01. The number of anilines is 1. The molecule has 0 radical (unpaired) electrons. The van der Waals surface area contributed by atoms with Gasteiger partial charge in [-0.3, -0.25) is 4.79 Å². The van der Waals surface area contributed by atoms with Crippen LogP contribution < -0.4 is 4.90 Å². The fraction of sp³-hybridized carbons (Fsp3) is 0.357. The average molecular weight is 247 g/mol. The monoisotopic (exact) mass is 247 g/mol. The quantitative estimate of drug-likeness (QED) is 0.797. The van der Waals surface area contributed by atoms with E-state index in [-0.39, 0.29) is 6.42 Å². The van der Waals surface area contributed by atoms with Crippen molar-refractivity contribution in [2.24, 2.45) is 0 Å². The summed E-state index contributed by atoms with van der Waals surface area (Å²) < 4.78 is 5.48. The lowest BCUT2D eigenvalue weighted by atomic mass is 10.2. The number of para-hydroxylation sites is 1. The largest absolute Gasteiger partial charge is 0.481 e. The van der Waals surface area contributed by atoms with Crippen LogP contribution in [0.4, 0.5) is 5.69 Å². The van der Waals surface area contributed by atoms with Crippen molar-refractivity contribution in [2.75, 3.05) is 18.5 Å². The molecule has 1 N–H and O–H groups in total. The van der Waals surface area contributed by atoms with E-state index in [1.807, 2.05) is 31.3 Å². The number of hydrogen-bond donors (Lipinski definition) is 1. The Balaban J connectivity index is 1.96. The lowest BCUT2D eigenvalue weighted by Gasteiger charge is -2.17. The second-order valence-corrected chi connectivity index (χ2v) is 4.39. The Bertz CT molecular complexity index is 533. The molecule has 0 aliphatic carbocycles. The maximum Gasteiger partial charge on any atom is 0.303 e. The first-order valence-corrected chi connectivity index (χ1v) is 6.07. The van der Waals surface area contributed by atoms with Crippen LogP contribution in [0.25, 0.3) is 11.0 Å². The van der Waals surface area contributed by atoms with Gasteiger partial charge in [-0.25, -0.2) is 0 Å². The van der Waals surface area contributed by atoms with Gasteiger partial charge in [0.1, 0.15) is 11.8 Å². The van der Waals surface area contributed by atoms with Crippen molar-refractivity contribution >= 4 is 22.6 Å². The van der Waals surface area contributed by atoms with Gasteiger partial charge in [-0.2, -0.15) is 0 Å². The van der Waals surface area contributed by atoms with Crippen LogP contribution in [-0.4, -0.2) is 24.7 Å². The van der Waals surface area contributed by atoms with Crippen LogP contribution in [0.1, 0.15) is 19.3 Å². The Hall–Kier alpha value is -1.97. The van der Waals surface area contributed by atoms with Gasteiger partial charge in [-0.05, 0) is 25.0 Å². The van der Waals surface area contributed by atoms with Crippen LogP contribution in [0.2, 0.25) is 0 Å². The van der Waals surface area contributed by atoms with Gasteiger partial charge in [0.05, 0.1) is 5.69 Å². The number of rotatable bonds is 6. The summed E-state index contributed by atoms with van der Waals surface area (Å²) in [5, 5.41) is 9.67. The lowest BCUT2D eigenvalue weighted by molar-refractivity contribution is -0.137. The molecule has 18 heavy (non-hydrogen) atoms. The molecule has 1 aromatic carbocycles. The predicted molar refractivity (Wildman–Crippen MR) is 71.0 cm³/mol. The fourth-order valence-corrected chi connectivity index (χ4v) is 2.01. The molecule has 96 valence electrons. The summed E-state index contributed by atoms with van der Waals surface area (Å²) >= 11 is 0. The molecule has 0 bridgehead atoms. The van der Waals surface area contributed by atoms with Gasteiger partial charge >= 0.3 is 5.97 Å². The molecule has 0 saturated carbocycles. The molecule has 1 heterocycles. The third kappa shape index (κ3) is 2.83. The van der Waals surface area contributed by atoms with E-state index in [2.05, 4.69) is 4.90 Å². The second kappa shape index (κ2) is 5.58. The summed E-state index contributed by atoms with van der Waals surface area (Å²) in [6.07, 6.45) is 3.56. The zero-order valence-electron chi connectivity index (χ0n) is 10.4. The number of carboxylic acids is 1. The minimum atomic E-state index is -0.730. The molecule has 0 amide bonds. The van der Waals surface area contributed by atoms with Crippen molar-refractivity contribution in [2.45, 2.75) is 19.3 Å². The van der Waals surface area contributed by atoms with Gasteiger partial charge in [0.2, 0.25) is 0 Å². The van der Waals surface area contributed by atoms with Crippen molar-refractivity contribution in [3.63, 3.8) is 0 Å². The molecule has 0 aliphatic heterocycles.